The Labute approximate surface area is 180 Å². The molecule has 1 aliphatic heterocycles. The number of ether oxygens (including phenoxy) is 1. The standard InChI is InChI=1S/C25H19N3O3/c1-16-7-11-18(12-8-16)22-23(27-20-5-3-4-6-21(20)31-2)25(30)28(24(22)29)19-13-9-17(15-26)10-14-19/h3-14,27H,1-2H3. The molecule has 0 fully saturated rings. The summed E-state index contributed by atoms with van der Waals surface area (Å²) in [5.41, 5.74) is 3.55. The van der Waals surface area contributed by atoms with Crippen LogP contribution in [0.4, 0.5) is 11.4 Å². The molecule has 1 aliphatic rings. The normalized spacial score (nSPS) is 13.4. The van der Waals surface area contributed by atoms with Gasteiger partial charge in [-0.25, -0.2) is 4.90 Å². The predicted octanol–water partition coefficient (Wildman–Crippen LogP) is 4.27. The average molecular weight is 409 g/mol. The van der Waals surface area contributed by atoms with Crippen LogP contribution in [0.25, 0.3) is 5.57 Å². The predicted molar refractivity (Wildman–Crippen MR) is 118 cm³/mol. The lowest BCUT2D eigenvalue weighted by Gasteiger charge is -2.16. The first-order valence-electron chi connectivity index (χ1n) is 9.64. The zero-order valence-corrected chi connectivity index (χ0v) is 17.0. The number of benzene rings is 3. The molecule has 6 nitrogen and oxygen atoms in total. The highest BCUT2D eigenvalue weighted by Gasteiger charge is 2.40. The van der Waals surface area contributed by atoms with Gasteiger partial charge in [0.05, 0.1) is 35.7 Å². The van der Waals surface area contributed by atoms with Crippen LogP contribution in [0, 0.1) is 18.3 Å². The van der Waals surface area contributed by atoms with E-state index in [-0.39, 0.29) is 11.3 Å². The molecule has 0 saturated carbocycles. The zero-order valence-electron chi connectivity index (χ0n) is 17.0. The van der Waals surface area contributed by atoms with E-state index in [1.165, 1.54) is 0 Å². The number of imide groups is 1. The van der Waals surface area contributed by atoms with E-state index < -0.39 is 11.8 Å². The highest BCUT2D eigenvalue weighted by atomic mass is 16.5. The minimum atomic E-state index is -0.476. The van der Waals surface area contributed by atoms with Gasteiger partial charge < -0.3 is 10.1 Å². The van der Waals surface area contributed by atoms with Gasteiger partial charge in [0.15, 0.2) is 0 Å². The summed E-state index contributed by atoms with van der Waals surface area (Å²) in [5.74, 6) is -0.359. The molecule has 1 N–H and O–H groups in total. The minimum Gasteiger partial charge on any atom is -0.495 e. The summed E-state index contributed by atoms with van der Waals surface area (Å²) < 4.78 is 5.39. The van der Waals surface area contributed by atoms with Crippen molar-refractivity contribution in [3.63, 3.8) is 0 Å². The summed E-state index contributed by atoms with van der Waals surface area (Å²) in [7, 11) is 1.54. The molecular formula is C25H19N3O3. The van der Waals surface area contributed by atoms with Gasteiger partial charge in [-0.1, -0.05) is 42.0 Å². The van der Waals surface area contributed by atoms with Crippen LogP contribution in [-0.4, -0.2) is 18.9 Å². The van der Waals surface area contributed by atoms with Crippen LogP contribution < -0.4 is 15.0 Å². The van der Waals surface area contributed by atoms with E-state index in [9.17, 15) is 9.59 Å². The third-order valence-electron chi connectivity index (χ3n) is 5.05. The number of amides is 2. The van der Waals surface area contributed by atoms with E-state index in [0.717, 1.165) is 10.5 Å². The third-order valence-corrected chi connectivity index (χ3v) is 5.05. The number of nitriles is 1. The van der Waals surface area contributed by atoms with Crippen LogP contribution in [-0.2, 0) is 9.59 Å². The summed E-state index contributed by atoms with van der Waals surface area (Å²) in [6, 6.07) is 23.0. The number of methoxy groups -OCH3 is 1. The molecule has 31 heavy (non-hydrogen) atoms. The molecule has 2 amide bonds. The number of nitrogens with zero attached hydrogens (tertiary/aromatic N) is 2. The first-order valence-corrected chi connectivity index (χ1v) is 9.64. The first-order chi connectivity index (χ1) is 15.0. The molecule has 1 heterocycles. The van der Waals surface area contributed by atoms with Crippen molar-refractivity contribution in [2.24, 2.45) is 0 Å². The fourth-order valence-corrected chi connectivity index (χ4v) is 3.44. The number of aryl methyl sites for hydroxylation is 1. The van der Waals surface area contributed by atoms with Crippen molar-refractivity contribution in [3.8, 4) is 11.8 Å². The van der Waals surface area contributed by atoms with Crippen LogP contribution in [0.15, 0.2) is 78.5 Å². The molecule has 0 unspecified atom stereocenters. The molecule has 0 atom stereocenters. The first kappa shape index (κ1) is 19.9. The molecule has 152 valence electrons. The number of carbonyl (C=O) groups excluding carboxylic acids is 2. The molecule has 0 aliphatic carbocycles. The summed E-state index contributed by atoms with van der Waals surface area (Å²) in [6.45, 7) is 1.96. The Balaban J connectivity index is 1.82. The van der Waals surface area contributed by atoms with Crippen molar-refractivity contribution >= 4 is 28.8 Å². The maximum Gasteiger partial charge on any atom is 0.282 e. The average Bonchev–Trinajstić information content (AvgIpc) is 3.04. The summed E-state index contributed by atoms with van der Waals surface area (Å²) in [6.07, 6.45) is 0. The topological polar surface area (TPSA) is 82.4 Å². The SMILES string of the molecule is COc1ccccc1NC1=C(c2ccc(C)cc2)C(=O)N(c2ccc(C#N)cc2)C1=O. The van der Waals surface area contributed by atoms with Gasteiger partial charge in [-0.3, -0.25) is 9.59 Å². The summed E-state index contributed by atoms with van der Waals surface area (Å²) in [4.78, 5) is 27.9. The van der Waals surface area contributed by atoms with Crippen LogP contribution in [0.1, 0.15) is 16.7 Å². The van der Waals surface area contributed by atoms with Crippen molar-refractivity contribution in [2.45, 2.75) is 6.92 Å². The van der Waals surface area contributed by atoms with Gasteiger partial charge >= 0.3 is 0 Å². The van der Waals surface area contributed by atoms with E-state index >= 15 is 0 Å². The second-order valence-corrected chi connectivity index (χ2v) is 7.05. The number of hydrogen-bond acceptors (Lipinski definition) is 5. The molecule has 4 rings (SSSR count). The number of anilines is 2. The van der Waals surface area contributed by atoms with E-state index in [4.69, 9.17) is 10.00 Å². The van der Waals surface area contributed by atoms with E-state index in [1.54, 1.807) is 43.5 Å². The van der Waals surface area contributed by atoms with Crippen LogP contribution in [0.2, 0.25) is 0 Å². The molecule has 0 spiro atoms. The lowest BCUT2D eigenvalue weighted by atomic mass is 10.0. The fourth-order valence-electron chi connectivity index (χ4n) is 3.44. The monoisotopic (exact) mass is 409 g/mol. The summed E-state index contributed by atoms with van der Waals surface area (Å²) in [5, 5.41) is 12.2. The molecule has 0 aromatic heterocycles. The summed E-state index contributed by atoms with van der Waals surface area (Å²) >= 11 is 0. The molecule has 6 heteroatoms. The van der Waals surface area contributed by atoms with Crippen LogP contribution in [0.5, 0.6) is 5.75 Å². The Bertz CT molecular complexity index is 1240. The Kier molecular flexibility index (Phi) is 5.25. The number of nitrogens with one attached hydrogen (secondary N) is 1. The largest absolute Gasteiger partial charge is 0.495 e. The van der Waals surface area contributed by atoms with Crippen LogP contribution in [0.3, 0.4) is 0 Å². The zero-order chi connectivity index (χ0) is 22.0. The van der Waals surface area contributed by atoms with E-state index in [2.05, 4.69) is 5.32 Å². The Morgan fingerprint density at radius 3 is 2.23 bits per heavy atom. The Hall–Kier alpha value is -4.37. The van der Waals surface area contributed by atoms with Gasteiger partial charge in [0.2, 0.25) is 0 Å². The smallest absolute Gasteiger partial charge is 0.282 e. The number of hydrogen-bond donors (Lipinski definition) is 1. The quantitative estimate of drug-likeness (QED) is 0.637. The van der Waals surface area contributed by atoms with Crippen molar-refractivity contribution < 1.29 is 14.3 Å². The Morgan fingerprint density at radius 1 is 0.903 bits per heavy atom. The minimum absolute atomic E-state index is 0.169. The molecular weight excluding hydrogens is 390 g/mol. The third kappa shape index (κ3) is 3.65. The highest BCUT2D eigenvalue weighted by Crippen LogP contribution is 2.35. The van der Waals surface area contributed by atoms with Gasteiger partial charge in [-0.2, -0.15) is 5.26 Å². The molecule has 0 bridgehead atoms. The lowest BCUT2D eigenvalue weighted by Crippen LogP contribution is -2.32. The van der Waals surface area contributed by atoms with Crippen molar-refractivity contribution in [1.82, 2.24) is 0 Å². The highest BCUT2D eigenvalue weighted by molar-refractivity contribution is 6.46. The van der Waals surface area contributed by atoms with Crippen molar-refractivity contribution in [1.29, 1.82) is 5.26 Å². The lowest BCUT2D eigenvalue weighted by molar-refractivity contribution is -0.120. The van der Waals surface area contributed by atoms with Gasteiger partial charge in [0.1, 0.15) is 11.4 Å². The second-order valence-electron chi connectivity index (χ2n) is 7.05. The fraction of sp³-hybridized carbons (Fsp3) is 0.0800. The van der Waals surface area contributed by atoms with E-state index in [0.29, 0.717) is 28.3 Å². The molecule has 3 aromatic rings. The van der Waals surface area contributed by atoms with Gasteiger partial charge in [0.25, 0.3) is 11.8 Å². The van der Waals surface area contributed by atoms with Crippen molar-refractivity contribution in [3.05, 3.63) is 95.2 Å². The number of rotatable bonds is 5. The maximum absolute atomic E-state index is 13.4. The Morgan fingerprint density at radius 2 is 1.58 bits per heavy atom. The number of para-hydroxylation sites is 2. The molecule has 0 saturated heterocycles. The number of carbonyl (C=O) groups is 2. The van der Waals surface area contributed by atoms with Gasteiger partial charge in [-0.05, 0) is 48.9 Å². The molecule has 3 aromatic carbocycles. The van der Waals surface area contributed by atoms with Crippen molar-refractivity contribution in [2.75, 3.05) is 17.3 Å². The maximum atomic E-state index is 13.4. The van der Waals surface area contributed by atoms with Gasteiger partial charge in [-0.15, -0.1) is 0 Å². The van der Waals surface area contributed by atoms with Crippen LogP contribution >= 0.6 is 0 Å². The van der Waals surface area contributed by atoms with E-state index in [1.807, 2.05) is 49.4 Å². The second kappa shape index (κ2) is 8.17. The van der Waals surface area contributed by atoms with Gasteiger partial charge in [0, 0.05) is 0 Å². The molecule has 0 radical (unpaired) electrons.